The van der Waals surface area contributed by atoms with E-state index in [1.165, 1.54) is 0 Å². The zero-order valence-electron chi connectivity index (χ0n) is 17.5. The lowest BCUT2D eigenvalue weighted by Gasteiger charge is -2.43. The minimum absolute atomic E-state index is 0.103. The van der Waals surface area contributed by atoms with Crippen LogP contribution in [0, 0.1) is 0 Å². The predicted molar refractivity (Wildman–Crippen MR) is 102 cm³/mol. The summed E-state index contributed by atoms with van der Waals surface area (Å²) < 4.78 is 28.9. The molecule has 2 N–H and O–H groups in total. The molecule has 2 aliphatic heterocycles. The number of aliphatic hydroxyl groups excluding tert-OH is 1. The maximum absolute atomic E-state index is 10.9. The molecule has 0 radical (unpaired) electrons. The smallest absolute Gasteiger partial charge is 0.192 e. The highest BCUT2D eigenvalue weighted by atomic mass is 28.4. The van der Waals surface area contributed by atoms with Gasteiger partial charge in [-0.05, 0) is 32.0 Å². The minimum atomic E-state index is -1.91. The molecule has 26 heavy (non-hydrogen) atoms. The summed E-state index contributed by atoms with van der Waals surface area (Å²) in [7, 11) is -0.316. The van der Waals surface area contributed by atoms with Crippen LogP contribution in [0.3, 0.4) is 0 Å². The van der Waals surface area contributed by atoms with Crippen molar-refractivity contribution in [3.05, 3.63) is 0 Å². The van der Waals surface area contributed by atoms with Gasteiger partial charge in [0, 0.05) is 7.11 Å². The van der Waals surface area contributed by atoms with Crippen LogP contribution in [-0.2, 0) is 23.4 Å². The fraction of sp³-hybridized carbons (Fsp3) is 1.00. The highest BCUT2D eigenvalue weighted by Gasteiger charge is 2.54. The molecule has 5 atom stereocenters. The monoisotopic (exact) mass is 391 g/mol. The summed E-state index contributed by atoms with van der Waals surface area (Å²) in [5, 5.41) is 14.4. The minimum Gasteiger partial charge on any atom is -0.415 e. The molecule has 0 aromatic carbocycles. The number of fused-ring (bicyclic) bond motifs is 1. The largest absolute Gasteiger partial charge is 0.415 e. The number of piperidine rings is 1. The first-order valence-corrected chi connectivity index (χ1v) is 12.3. The van der Waals surface area contributed by atoms with Gasteiger partial charge in [0.05, 0.1) is 25.3 Å². The number of hydrogen-bond donors (Lipinski definition) is 2. The van der Waals surface area contributed by atoms with E-state index in [0.717, 1.165) is 0 Å². The van der Waals surface area contributed by atoms with E-state index in [0.29, 0.717) is 13.2 Å². The van der Waals surface area contributed by atoms with E-state index in [1.807, 2.05) is 13.8 Å². The van der Waals surface area contributed by atoms with Gasteiger partial charge >= 0.3 is 0 Å². The Morgan fingerprint density at radius 1 is 1.08 bits per heavy atom. The second kappa shape index (κ2) is 8.12. The fourth-order valence-electron chi connectivity index (χ4n) is 3.15. The van der Waals surface area contributed by atoms with Crippen molar-refractivity contribution in [3.63, 3.8) is 0 Å². The molecule has 7 nitrogen and oxygen atoms in total. The molecular formula is C18H37NO6Si. The van der Waals surface area contributed by atoms with E-state index in [1.54, 1.807) is 7.11 Å². The summed E-state index contributed by atoms with van der Waals surface area (Å²) in [4.78, 5) is 0. The topological polar surface area (TPSA) is 78.4 Å². The van der Waals surface area contributed by atoms with Crippen LogP contribution >= 0.6 is 0 Å². The normalized spacial score (nSPS) is 34.7. The van der Waals surface area contributed by atoms with Crippen molar-refractivity contribution in [3.8, 4) is 0 Å². The van der Waals surface area contributed by atoms with Gasteiger partial charge in [-0.2, -0.15) is 0 Å². The molecule has 0 spiro atoms. The summed E-state index contributed by atoms with van der Waals surface area (Å²) in [6.45, 7) is 15.8. The molecule has 8 heteroatoms. The molecule has 0 bridgehead atoms. The van der Waals surface area contributed by atoms with Crippen molar-refractivity contribution in [2.75, 3.05) is 27.1 Å². The number of hydrogen-bond acceptors (Lipinski definition) is 7. The van der Waals surface area contributed by atoms with Gasteiger partial charge in [-0.1, -0.05) is 20.8 Å². The summed E-state index contributed by atoms with van der Waals surface area (Å²) >= 11 is 0. The first kappa shape index (κ1) is 22.2. The second-order valence-electron chi connectivity index (χ2n) is 9.28. The van der Waals surface area contributed by atoms with Crippen molar-refractivity contribution in [1.29, 1.82) is 0 Å². The number of aliphatic hydroxyl groups is 1. The highest BCUT2D eigenvalue weighted by Crippen LogP contribution is 2.38. The average Bonchev–Trinajstić information content (AvgIpc) is 2.83. The van der Waals surface area contributed by atoms with E-state index in [2.05, 4.69) is 39.2 Å². The SMILES string of the molecule is COCOC[C@H]1N[C@@H](CO[Si](C)(C)C(C)(C)C)[C@H](O)[C@H]2OC(C)(C)O[C@H]21. The number of nitrogens with one attached hydrogen (secondary N) is 1. The van der Waals surface area contributed by atoms with Gasteiger partial charge in [0.2, 0.25) is 0 Å². The van der Waals surface area contributed by atoms with E-state index >= 15 is 0 Å². The Bertz CT molecular complexity index is 467. The van der Waals surface area contributed by atoms with Crippen LogP contribution < -0.4 is 5.32 Å². The lowest BCUT2D eigenvalue weighted by Crippen LogP contribution is -2.66. The van der Waals surface area contributed by atoms with Crippen LogP contribution in [0.15, 0.2) is 0 Å². The van der Waals surface area contributed by atoms with Gasteiger partial charge < -0.3 is 33.8 Å². The first-order valence-electron chi connectivity index (χ1n) is 9.38. The standard InChI is InChI=1S/C18H37NO6Si/c1-17(2,3)26(7,8)23-10-12-14(20)16-15(24-18(4,5)25-16)13(19-12)9-22-11-21-6/h12-16,19-20H,9-11H2,1-8H3/t12-,13+,14-,15-,16+/m0/s1. The molecule has 0 unspecified atom stereocenters. The Balaban J connectivity index is 2.07. The Morgan fingerprint density at radius 2 is 1.69 bits per heavy atom. The lowest BCUT2D eigenvalue weighted by molar-refractivity contribution is -0.155. The molecule has 2 rings (SSSR count). The highest BCUT2D eigenvalue weighted by molar-refractivity contribution is 6.74. The summed E-state index contributed by atoms with van der Waals surface area (Å²) in [5.41, 5.74) is 0. The summed E-state index contributed by atoms with van der Waals surface area (Å²) in [6, 6.07) is -0.340. The molecule has 2 heterocycles. The first-order chi connectivity index (χ1) is 11.9. The zero-order valence-corrected chi connectivity index (χ0v) is 18.5. The third-order valence-electron chi connectivity index (χ3n) is 5.67. The number of ether oxygens (including phenoxy) is 4. The van der Waals surface area contributed by atoms with Crippen molar-refractivity contribution in [2.45, 2.75) is 88.9 Å². The average molecular weight is 392 g/mol. The van der Waals surface area contributed by atoms with Crippen molar-refractivity contribution < 1.29 is 28.5 Å². The number of methoxy groups -OCH3 is 1. The van der Waals surface area contributed by atoms with Crippen molar-refractivity contribution >= 4 is 8.32 Å². The van der Waals surface area contributed by atoms with Gasteiger partial charge in [0.25, 0.3) is 0 Å². The molecule has 0 aromatic heterocycles. The van der Waals surface area contributed by atoms with Gasteiger partial charge in [-0.3, -0.25) is 0 Å². The second-order valence-corrected chi connectivity index (χ2v) is 14.1. The molecular weight excluding hydrogens is 354 g/mol. The molecule has 2 fully saturated rings. The maximum Gasteiger partial charge on any atom is 0.192 e. The Labute approximate surface area is 158 Å². The van der Waals surface area contributed by atoms with Crippen LogP contribution in [-0.4, -0.2) is 76.7 Å². The predicted octanol–water partition coefficient (Wildman–Crippen LogP) is 1.85. The Kier molecular flexibility index (Phi) is 6.95. The quantitative estimate of drug-likeness (QED) is 0.389. The summed E-state index contributed by atoms with van der Waals surface area (Å²) in [5.74, 6) is -0.729. The van der Waals surface area contributed by atoms with Gasteiger partial charge in [0.15, 0.2) is 14.1 Å². The molecule has 0 aromatic rings. The van der Waals surface area contributed by atoms with Crippen LogP contribution in [0.5, 0.6) is 0 Å². The van der Waals surface area contributed by atoms with Crippen LogP contribution in [0.1, 0.15) is 34.6 Å². The molecule has 2 aliphatic rings. The van der Waals surface area contributed by atoms with Crippen LogP contribution in [0.4, 0.5) is 0 Å². The third-order valence-corrected chi connectivity index (χ3v) is 10.2. The van der Waals surface area contributed by atoms with E-state index in [4.69, 9.17) is 23.4 Å². The molecule has 0 saturated carbocycles. The van der Waals surface area contributed by atoms with Crippen LogP contribution in [0.2, 0.25) is 18.1 Å². The fourth-order valence-corrected chi connectivity index (χ4v) is 4.18. The molecule has 2 saturated heterocycles. The Hall–Kier alpha value is -0.0631. The van der Waals surface area contributed by atoms with Crippen molar-refractivity contribution in [2.24, 2.45) is 0 Å². The lowest BCUT2D eigenvalue weighted by atomic mass is 9.91. The zero-order chi connectivity index (χ0) is 19.8. The van der Waals surface area contributed by atoms with E-state index < -0.39 is 26.3 Å². The maximum atomic E-state index is 10.9. The van der Waals surface area contributed by atoms with Crippen molar-refractivity contribution in [1.82, 2.24) is 5.32 Å². The summed E-state index contributed by atoms with van der Waals surface area (Å²) in [6.07, 6.45) is -1.39. The number of rotatable bonds is 7. The molecule has 0 amide bonds. The van der Waals surface area contributed by atoms with E-state index in [9.17, 15) is 5.11 Å². The molecule has 154 valence electrons. The van der Waals surface area contributed by atoms with Crippen LogP contribution in [0.25, 0.3) is 0 Å². The third kappa shape index (κ3) is 5.05. The van der Waals surface area contributed by atoms with Gasteiger partial charge in [-0.25, -0.2) is 0 Å². The van der Waals surface area contributed by atoms with E-state index in [-0.39, 0.29) is 30.0 Å². The van der Waals surface area contributed by atoms with Gasteiger partial charge in [-0.15, -0.1) is 0 Å². The Morgan fingerprint density at radius 3 is 2.27 bits per heavy atom. The molecule has 0 aliphatic carbocycles. The van der Waals surface area contributed by atoms with Gasteiger partial charge in [0.1, 0.15) is 25.1 Å².